The van der Waals surface area contributed by atoms with Crippen molar-refractivity contribution in [3.63, 3.8) is 0 Å². The Hall–Kier alpha value is -0.820. The molecule has 0 radical (unpaired) electrons. The van der Waals surface area contributed by atoms with Crippen LogP contribution in [0.2, 0.25) is 10.0 Å². The number of aliphatic hydroxyl groups is 1. The van der Waals surface area contributed by atoms with Gasteiger partial charge in [-0.3, -0.25) is 0 Å². The standard InChI is InChI=1S/C10H11Cl2NO4S/c1-18(16,17)9(5-14)10(13-15)7-3-2-6(11)4-8(7)12/h2-4,9,14-15H,5H2,1H3/b13-10+. The smallest absolute Gasteiger partial charge is 0.158 e. The first-order valence-corrected chi connectivity index (χ1v) is 7.49. The molecule has 0 saturated carbocycles. The fraction of sp³-hybridized carbons (Fsp3) is 0.300. The first-order valence-electron chi connectivity index (χ1n) is 4.78. The summed E-state index contributed by atoms with van der Waals surface area (Å²) in [5.41, 5.74) is -0.0188. The molecule has 0 bridgehead atoms. The van der Waals surface area contributed by atoms with Gasteiger partial charge in [-0.2, -0.15) is 0 Å². The Morgan fingerprint density at radius 1 is 1.44 bits per heavy atom. The molecule has 0 amide bonds. The molecule has 0 aliphatic heterocycles. The summed E-state index contributed by atoms with van der Waals surface area (Å²) in [4.78, 5) is 0. The number of hydrogen-bond donors (Lipinski definition) is 2. The third-order valence-electron chi connectivity index (χ3n) is 2.30. The molecule has 1 rings (SSSR count). The van der Waals surface area contributed by atoms with E-state index in [1.165, 1.54) is 18.2 Å². The predicted octanol–water partition coefficient (Wildman–Crippen LogP) is 1.58. The van der Waals surface area contributed by atoms with E-state index in [9.17, 15) is 8.42 Å². The van der Waals surface area contributed by atoms with Gasteiger partial charge in [-0.15, -0.1) is 0 Å². The Balaban J connectivity index is 3.35. The summed E-state index contributed by atoms with van der Waals surface area (Å²) in [6, 6.07) is 4.29. The van der Waals surface area contributed by atoms with E-state index in [-0.39, 0.29) is 16.3 Å². The van der Waals surface area contributed by atoms with Crippen LogP contribution in [0.25, 0.3) is 0 Å². The van der Waals surface area contributed by atoms with Crippen LogP contribution in [0, 0.1) is 0 Å². The predicted molar refractivity (Wildman–Crippen MR) is 70.5 cm³/mol. The van der Waals surface area contributed by atoms with Crippen LogP contribution < -0.4 is 0 Å². The van der Waals surface area contributed by atoms with E-state index in [1.54, 1.807) is 0 Å². The summed E-state index contributed by atoms with van der Waals surface area (Å²) < 4.78 is 23.0. The van der Waals surface area contributed by atoms with Crippen LogP contribution in [0.4, 0.5) is 0 Å². The summed E-state index contributed by atoms with van der Waals surface area (Å²) in [7, 11) is -3.63. The molecule has 18 heavy (non-hydrogen) atoms. The minimum atomic E-state index is -3.63. The van der Waals surface area contributed by atoms with Crippen LogP contribution in [0.1, 0.15) is 5.56 Å². The van der Waals surface area contributed by atoms with Crippen LogP contribution >= 0.6 is 23.2 Å². The average molecular weight is 312 g/mol. The number of benzene rings is 1. The number of rotatable bonds is 4. The van der Waals surface area contributed by atoms with Crippen molar-refractivity contribution in [1.82, 2.24) is 0 Å². The molecule has 1 atom stereocenters. The molecular formula is C10H11Cl2NO4S. The van der Waals surface area contributed by atoms with Gasteiger partial charge in [0.1, 0.15) is 11.0 Å². The molecule has 5 nitrogen and oxygen atoms in total. The maximum absolute atomic E-state index is 11.5. The van der Waals surface area contributed by atoms with Crippen molar-refractivity contribution in [3.05, 3.63) is 33.8 Å². The molecule has 2 N–H and O–H groups in total. The summed E-state index contributed by atoms with van der Waals surface area (Å²) in [6.07, 6.45) is 0.933. The molecule has 1 aromatic carbocycles. The number of oxime groups is 1. The molecule has 0 saturated heterocycles. The van der Waals surface area contributed by atoms with Crippen molar-refractivity contribution in [2.45, 2.75) is 5.25 Å². The third kappa shape index (κ3) is 3.35. The van der Waals surface area contributed by atoms with Crippen molar-refractivity contribution >= 4 is 38.8 Å². The minimum Gasteiger partial charge on any atom is -0.411 e. The first-order chi connectivity index (χ1) is 8.31. The molecular weight excluding hydrogens is 301 g/mol. The molecule has 0 aliphatic rings. The van der Waals surface area contributed by atoms with Crippen LogP contribution in [-0.4, -0.2) is 42.6 Å². The normalized spacial score (nSPS) is 14.6. The van der Waals surface area contributed by atoms with Gasteiger partial charge < -0.3 is 10.3 Å². The Morgan fingerprint density at radius 2 is 2.06 bits per heavy atom. The summed E-state index contributed by atoms with van der Waals surface area (Å²) in [5.74, 6) is 0. The van der Waals surface area contributed by atoms with E-state index in [4.69, 9.17) is 33.5 Å². The molecule has 1 aromatic rings. The van der Waals surface area contributed by atoms with Gasteiger partial charge in [-0.1, -0.05) is 28.4 Å². The van der Waals surface area contributed by atoms with E-state index in [2.05, 4.69) is 5.16 Å². The van der Waals surface area contributed by atoms with Crippen molar-refractivity contribution in [2.75, 3.05) is 12.9 Å². The highest BCUT2D eigenvalue weighted by Gasteiger charge is 2.29. The zero-order valence-electron chi connectivity index (χ0n) is 9.34. The van der Waals surface area contributed by atoms with Gasteiger partial charge in [0, 0.05) is 16.8 Å². The maximum Gasteiger partial charge on any atom is 0.158 e. The number of sulfone groups is 1. The molecule has 0 heterocycles. The summed E-state index contributed by atoms with van der Waals surface area (Å²) in [6.45, 7) is -0.711. The van der Waals surface area contributed by atoms with Crippen molar-refractivity contribution < 1.29 is 18.7 Å². The lowest BCUT2D eigenvalue weighted by molar-refractivity contribution is 0.296. The number of halogens is 2. The molecule has 0 aromatic heterocycles. The Morgan fingerprint density at radius 3 is 2.44 bits per heavy atom. The molecule has 0 spiro atoms. The molecule has 1 unspecified atom stereocenters. The van der Waals surface area contributed by atoms with Crippen LogP contribution in [0.5, 0.6) is 0 Å². The summed E-state index contributed by atoms with van der Waals surface area (Å²) >= 11 is 11.6. The lowest BCUT2D eigenvalue weighted by Gasteiger charge is -2.15. The number of aliphatic hydroxyl groups excluding tert-OH is 1. The maximum atomic E-state index is 11.5. The van der Waals surface area contributed by atoms with E-state index in [0.717, 1.165) is 6.26 Å². The Labute approximate surface area is 115 Å². The summed E-state index contributed by atoms with van der Waals surface area (Å²) in [5, 5.41) is 20.2. The van der Waals surface area contributed by atoms with Gasteiger partial charge in [-0.05, 0) is 18.2 Å². The van der Waals surface area contributed by atoms with E-state index in [0.29, 0.717) is 5.02 Å². The fourth-order valence-electron chi connectivity index (χ4n) is 1.41. The average Bonchev–Trinajstić information content (AvgIpc) is 2.25. The quantitative estimate of drug-likeness (QED) is 0.502. The third-order valence-corrected chi connectivity index (χ3v) is 4.26. The van der Waals surface area contributed by atoms with Gasteiger partial charge in [0.25, 0.3) is 0 Å². The molecule has 0 aliphatic carbocycles. The second-order valence-electron chi connectivity index (χ2n) is 3.61. The van der Waals surface area contributed by atoms with E-state index in [1.807, 2.05) is 0 Å². The lowest BCUT2D eigenvalue weighted by Crippen LogP contribution is -2.34. The minimum absolute atomic E-state index is 0.136. The van der Waals surface area contributed by atoms with Crippen molar-refractivity contribution in [2.24, 2.45) is 5.16 Å². The van der Waals surface area contributed by atoms with Gasteiger partial charge >= 0.3 is 0 Å². The Kier molecular flexibility index (Phi) is 4.98. The van der Waals surface area contributed by atoms with Crippen molar-refractivity contribution in [3.8, 4) is 0 Å². The van der Waals surface area contributed by atoms with E-state index < -0.39 is 21.7 Å². The monoisotopic (exact) mass is 311 g/mol. The second-order valence-corrected chi connectivity index (χ2v) is 6.68. The zero-order chi connectivity index (χ0) is 13.9. The van der Waals surface area contributed by atoms with Crippen molar-refractivity contribution in [1.29, 1.82) is 0 Å². The molecule has 0 fully saturated rings. The van der Waals surface area contributed by atoms with Gasteiger partial charge in [0.05, 0.1) is 11.6 Å². The van der Waals surface area contributed by atoms with Gasteiger partial charge in [0.2, 0.25) is 0 Å². The van der Waals surface area contributed by atoms with Gasteiger partial charge in [-0.25, -0.2) is 8.42 Å². The molecule has 8 heteroatoms. The van der Waals surface area contributed by atoms with Crippen LogP contribution in [0.15, 0.2) is 23.4 Å². The highest BCUT2D eigenvalue weighted by atomic mass is 35.5. The SMILES string of the molecule is CS(=O)(=O)C(CO)/C(=N/O)c1ccc(Cl)cc1Cl. The van der Waals surface area contributed by atoms with Crippen LogP contribution in [-0.2, 0) is 9.84 Å². The highest BCUT2D eigenvalue weighted by molar-refractivity contribution is 7.92. The fourth-order valence-corrected chi connectivity index (χ4v) is 2.77. The zero-order valence-corrected chi connectivity index (χ0v) is 11.7. The topological polar surface area (TPSA) is 87.0 Å². The molecule has 100 valence electrons. The van der Waals surface area contributed by atoms with Crippen LogP contribution in [0.3, 0.4) is 0 Å². The van der Waals surface area contributed by atoms with Gasteiger partial charge in [0.15, 0.2) is 9.84 Å². The number of nitrogens with zero attached hydrogens (tertiary/aromatic N) is 1. The second kappa shape index (κ2) is 5.88. The highest BCUT2D eigenvalue weighted by Crippen LogP contribution is 2.24. The Bertz CT molecular complexity index is 571. The number of hydrogen-bond acceptors (Lipinski definition) is 5. The largest absolute Gasteiger partial charge is 0.411 e. The van der Waals surface area contributed by atoms with E-state index >= 15 is 0 Å². The lowest BCUT2D eigenvalue weighted by atomic mass is 10.1. The first kappa shape index (κ1) is 15.2.